The Morgan fingerprint density at radius 1 is 1.22 bits per heavy atom. The number of nitrogens with zero attached hydrogens (tertiary/aromatic N) is 1. The molecule has 2 aromatic carbocycles. The molecule has 3 rings (SSSR count). The van der Waals surface area contributed by atoms with Gasteiger partial charge in [-0.15, -0.1) is 0 Å². The Hall–Kier alpha value is -2.96. The number of hydrogen-bond donors (Lipinski definition) is 1. The summed E-state index contributed by atoms with van der Waals surface area (Å²) in [5.41, 5.74) is 0.567. The molecule has 0 bridgehead atoms. The number of rotatable bonds is 6. The van der Waals surface area contributed by atoms with Crippen molar-refractivity contribution in [1.29, 1.82) is 0 Å². The van der Waals surface area contributed by atoms with E-state index in [2.05, 4.69) is 5.32 Å². The zero-order valence-corrected chi connectivity index (χ0v) is 14.9. The van der Waals surface area contributed by atoms with Crippen molar-refractivity contribution in [3.63, 3.8) is 0 Å². The molecule has 0 unspecified atom stereocenters. The van der Waals surface area contributed by atoms with E-state index >= 15 is 0 Å². The standard InChI is InChI=1S/C20H20F2N2O3/c1-2-9-27-16-6-4-15(5-7-16)24-12-13(10-19(24)25)20(26)23-18-8-3-14(21)11-17(18)22/h3-8,11,13H,2,9-10,12H2,1H3,(H,23,26)/t13-/m1/s1. The number of amides is 2. The summed E-state index contributed by atoms with van der Waals surface area (Å²) >= 11 is 0. The Morgan fingerprint density at radius 2 is 1.96 bits per heavy atom. The zero-order valence-electron chi connectivity index (χ0n) is 14.9. The third-order valence-electron chi connectivity index (χ3n) is 4.31. The molecule has 0 spiro atoms. The van der Waals surface area contributed by atoms with Crippen LogP contribution in [0.3, 0.4) is 0 Å². The Balaban J connectivity index is 1.65. The summed E-state index contributed by atoms with van der Waals surface area (Å²) in [6.07, 6.45) is 0.931. The molecular weight excluding hydrogens is 354 g/mol. The number of halogens is 2. The van der Waals surface area contributed by atoms with Crippen molar-refractivity contribution in [2.24, 2.45) is 5.92 Å². The molecule has 142 valence electrons. The monoisotopic (exact) mass is 374 g/mol. The minimum atomic E-state index is -0.854. The van der Waals surface area contributed by atoms with Crippen LogP contribution in [0.2, 0.25) is 0 Å². The van der Waals surface area contributed by atoms with Crippen molar-refractivity contribution in [2.75, 3.05) is 23.4 Å². The SMILES string of the molecule is CCCOc1ccc(N2C[C@H](C(=O)Nc3ccc(F)cc3F)CC2=O)cc1. The van der Waals surface area contributed by atoms with Crippen LogP contribution < -0.4 is 15.0 Å². The molecule has 1 aliphatic heterocycles. The summed E-state index contributed by atoms with van der Waals surface area (Å²) in [5, 5.41) is 2.42. The largest absolute Gasteiger partial charge is 0.494 e. The van der Waals surface area contributed by atoms with Gasteiger partial charge in [-0.2, -0.15) is 0 Å². The summed E-state index contributed by atoms with van der Waals surface area (Å²) < 4.78 is 32.2. The number of nitrogens with one attached hydrogen (secondary N) is 1. The van der Waals surface area contributed by atoms with E-state index in [1.54, 1.807) is 24.3 Å². The minimum absolute atomic E-state index is 0.0305. The predicted octanol–water partition coefficient (Wildman–Crippen LogP) is 3.75. The van der Waals surface area contributed by atoms with Crippen LogP contribution in [-0.4, -0.2) is 25.0 Å². The second-order valence-corrected chi connectivity index (χ2v) is 6.36. The molecule has 0 saturated carbocycles. The zero-order chi connectivity index (χ0) is 19.4. The number of ether oxygens (including phenoxy) is 1. The second kappa shape index (κ2) is 8.16. The summed E-state index contributed by atoms with van der Waals surface area (Å²) in [4.78, 5) is 26.2. The second-order valence-electron chi connectivity index (χ2n) is 6.36. The normalized spacial score (nSPS) is 16.5. The van der Waals surface area contributed by atoms with Crippen molar-refractivity contribution in [2.45, 2.75) is 19.8 Å². The molecule has 1 heterocycles. The van der Waals surface area contributed by atoms with Gasteiger partial charge in [-0.1, -0.05) is 6.92 Å². The molecule has 1 atom stereocenters. The molecule has 2 amide bonds. The fourth-order valence-corrected chi connectivity index (χ4v) is 2.90. The number of benzene rings is 2. The van der Waals surface area contributed by atoms with Crippen LogP contribution in [-0.2, 0) is 9.59 Å². The van der Waals surface area contributed by atoms with E-state index in [-0.39, 0.29) is 24.6 Å². The molecule has 5 nitrogen and oxygen atoms in total. The first kappa shape index (κ1) is 18.8. The first-order valence-corrected chi connectivity index (χ1v) is 8.77. The highest BCUT2D eigenvalue weighted by Crippen LogP contribution is 2.28. The van der Waals surface area contributed by atoms with E-state index in [1.165, 1.54) is 4.90 Å². The Kier molecular flexibility index (Phi) is 5.69. The third-order valence-corrected chi connectivity index (χ3v) is 4.31. The van der Waals surface area contributed by atoms with Gasteiger partial charge in [0.2, 0.25) is 11.8 Å². The van der Waals surface area contributed by atoms with E-state index < -0.39 is 23.5 Å². The van der Waals surface area contributed by atoms with E-state index in [9.17, 15) is 18.4 Å². The lowest BCUT2D eigenvalue weighted by Gasteiger charge is -2.17. The average molecular weight is 374 g/mol. The van der Waals surface area contributed by atoms with Gasteiger partial charge in [0, 0.05) is 24.7 Å². The Labute approximate surface area is 155 Å². The van der Waals surface area contributed by atoms with Gasteiger partial charge in [-0.25, -0.2) is 8.78 Å². The van der Waals surface area contributed by atoms with Crippen LogP contribution in [0, 0.1) is 17.6 Å². The van der Waals surface area contributed by atoms with Crippen molar-refractivity contribution < 1.29 is 23.1 Å². The number of carbonyl (C=O) groups excluding carboxylic acids is 2. The first-order chi connectivity index (χ1) is 13.0. The lowest BCUT2D eigenvalue weighted by molar-refractivity contribution is -0.122. The van der Waals surface area contributed by atoms with Crippen molar-refractivity contribution in [3.8, 4) is 5.75 Å². The topological polar surface area (TPSA) is 58.6 Å². The van der Waals surface area contributed by atoms with Crippen molar-refractivity contribution >= 4 is 23.2 Å². The van der Waals surface area contributed by atoms with E-state index in [4.69, 9.17) is 4.74 Å². The summed E-state index contributed by atoms with van der Waals surface area (Å²) in [6, 6.07) is 10.0. The van der Waals surface area contributed by atoms with Crippen LogP contribution in [0.1, 0.15) is 19.8 Å². The average Bonchev–Trinajstić information content (AvgIpc) is 3.04. The third kappa shape index (κ3) is 4.42. The Morgan fingerprint density at radius 3 is 2.63 bits per heavy atom. The maximum Gasteiger partial charge on any atom is 0.229 e. The minimum Gasteiger partial charge on any atom is -0.494 e. The van der Waals surface area contributed by atoms with Gasteiger partial charge in [0.25, 0.3) is 0 Å². The van der Waals surface area contributed by atoms with Crippen molar-refractivity contribution in [1.82, 2.24) is 0 Å². The molecule has 1 aliphatic rings. The summed E-state index contributed by atoms with van der Waals surface area (Å²) in [5.74, 6) is -2.13. The van der Waals surface area contributed by atoms with Crippen LogP contribution in [0.25, 0.3) is 0 Å². The van der Waals surface area contributed by atoms with Gasteiger partial charge >= 0.3 is 0 Å². The fraction of sp³-hybridized carbons (Fsp3) is 0.300. The van der Waals surface area contributed by atoms with Gasteiger partial charge in [0.1, 0.15) is 17.4 Å². The molecule has 0 radical (unpaired) electrons. The number of hydrogen-bond acceptors (Lipinski definition) is 3. The van der Waals surface area contributed by atoms with Gasteiger partial charge in [0.05, 0.1) is 18.2 Å². The first-order valence-electron chi connectivity index (χ1n) is 8.77. The molecule has 0 aromatic heterocycles. The quantitative estimate of drug-likeness (QED) is 0.838. The van der Waals surface area contributed by atoms with Crippen molar-refractivity contribution in [3.05, 3.63) is 54.1 Å². The molecule has 27 heavy (non-hydrogen) atoms. The summed E-state index contributed by atoms with van der Waals surface area (Å²) in [6.45, 7) is 2.83. The maximum absolute atomic E-state index is 13.7. The smallest absolute Gasteiger partial charge is 0.229 e. The number of carbonyl (C=O) groups is 2. The predicted molar refractivity (Wildman–Crippen MR) is 97.7 cm³/mol. The van der Waals surface area contributed by atoms with Gasteiger partial charge < -0.3 is 15.0 Å². The van der Waals surface area contributed by atoms with Crippen LogP contribution in [0.5, 0.6) is 5.75 Å². The van der Waals surface area contributed by atoms with Gasteiger partial charge in [0.15, 0.2) is 0 Å². The van der Waals surface area contributed by atoms with Crippen LogP contribution in [0.15, 0.2) is 42.5 Å². The maximum atomic E-state index is 13.7. The van der Waals surface area contributed by atoms with Crippen LogP contribution >= 0.6 is 0 Å². The highest BCUT2D eigenvalue weighted by molar-refractivity contribution is 6.03. The molecule has 0 aliphatic carbocycles. The lowest BCUT2D eigenvalue weighted by atomic mass is 10.1. The van der Waals surface area contributed by atoms with E-state index in [0.717, 1.165) is 18.6 Å². The van der Waals surface area contributed by atoms with E-state index in [1.807, 2.05) is 6.92 Å². The molecular formula is C20H20F2N2O3. The molecule has 2 aromatic rings. The Bertz CT molecular complexity index is 840. The fourth-order valence-electron chi connectivity index (χ4n) is 2.90. The van der Waals surface area contributed by atoms with Gasteiger partial charge in [-0.05, 0) is 42.8 Å². The molecule has 1 fully saturated rings. The van der Waals surface area contributed by atoms with E-state index in [0.29, 0.717) is 24.1 Å². The van der Waals surface area contributed by atoms with Gasteiger partial charge in [-0.3, -0.25) is 9.59 Å². The molecule has 1 N–H and O–H groups in total. The lowest BCUT2D eigenvalue weighted by Crippen LogP contribution is -2.28. The molecule has 1 saturated heterocycles. The molecule has 7 heteroatoms. The highest BCUT2D eigenvalue weighted by Gasteiger charge is 2.35. The summed E-state index contributed by atoms with van der Waals surface area (Å²) in [7, 11) is 0. The van der Waals surface area contributed by atoms with Crippen LogP contribution in [0.4, 0.5) is 20.2 Å². The highest BCUT2D eigenvalue weighted by atomic mass is 19.1. The number of anilines is 2.